The molecule has 0 amide bonds. The van der Waals surface area contributed by atoms with Gasteiger partial charge in [0.2, 0.25) is 0 Å². The minimum Gasteiger partial charge on any atom is -0.490 e. The van der Waals surface area contributed by atoms with E-state index in [-0.39, 0.29) is 11.4 Å². The number of nitrogens with zero attached hydrogens (tertiary/aromatic N) is 2. The largest absolute Gasteiger partial charge is 0.490 e. The predicted molar refractivity (Wildman–Crippen MR) is 122 cm³/mol. The summed E-state index contributed by atoms with van der Waals surface area (Å²) >= 11 is 0. The summed E-state index contributed by atoms with van der Waals surface area (Å²) in [5.74, 6) is 1.68. The topological polar surface area (TPSA) is 67.5 Å². The van der Waals surface area contributed by atoms with Crippen LogP contribution in [0.15, 0.2) is 47.3 Å². The van der Waals surface area contributed by atoms with Gasteiger partial charge in [-0.2, -0.15) is 13.2 Å². The smallest absolute Gasteiger partial charge is 0.416 e. The fraction of sp³-hybridized carbons (Fsp3) is 0.360. The lowest BCUT2D eigenvalue weighted by molar-refractivity contribution is -0.137. The number of para-hydroxylation sites is 1. The summed E-state index contributed by atoms with van der Waals surface area (Å²) < 4.78 is 50.1. The lowest BCUT2D eigenvalue weighted by atomic mass is 10.0. The highest BCUT2D eigenvalue weighted by Crippen LogP contribution is 2.33. The molecule has 34 heavy (non-hydrogen) atoms. The van der Waals surface area contributed by atoms with Crippen molar-refractivity contribution in [2.45, 2.75) is 39.5 Å². The summed E-state index contributed by atoms with van der Waals surface area (Å²) in [6.07, 6.45) is -3.86. The van der Waals surface area contributed by atoms with Crippen LogP contribution in [-0.4, -0.2) is 34.6 Å². The maximum atomic E-state index is 12.8. The second-order valence-corrected chi connectivity index (χ2v) is 7.99. The Morgan fingerprint density at radius 1 is 1.06 bits per heavy atom. The average Bonchev–Trinajstić information content (AvgIpc) is 2.81. The average molecular weight is 473 g/mol. The van der Waals surface area contributed by atoms with E-state index in [4.69, 9.17) is 9.47 Å². The maximum absolute atomic E-state index is 12.8. The molecule has 1 aliphatic heterocycles. The van der Waals surface area contributed by atoms with Crippen molar-refractivity contribution < 1.29 is 22.6 Å². The molecule has 0 fully saturated rings. The summed E-state index contributed by atoms with van der Waals surface area (Å²) in [6.45, 7) is 6.55. The van der Waals surface area contributed by atoms with E-state index in [0.29, 0.717) is 67.6 Å². The molecular formula is C25H26F3N3O3. The molecule has 0 bridgehead atoms. The van der Waals surface area contributed by atoms with E-state index in [1.165, 1.54) is 12.1 Å². The number of hydrogen-bond donors (Lipinski definition) is 1. The van der Waals surface area contributed by atoms with Crippen molar-refractivity contribution in [2.24, 2.45) is 0 Å². The van der Waals surface area contributed by atoms with Gasteiger partial charge in [0.05, 0.1) is 30.0 Å². The van der Waals surface area contributed by atoms with Gasteiger partial charge in [0.1, 0.15) is 5.82 Å². The zero-order valence-corrected chi connectivity index (χ0v) is 19.0. The fourth-order valence-corrected chi connectivity index (χ4v) is 4.07. The van der Waals surface area contributed by atoms with E-state index in [1.807, 2.05) is 32.0 Å². The Hall–Kier alpha value is -3.33. The zero-order chi connectivity index (χ0) is 24.3. The molecule has 0 unspecified atom stereocenters. The number of ether oxygens (including phenoxy) is 2. The van der Waals surface area contributed by atoms with Crippen LogP contribution in [0.1, 0.15) is 36.2 Å². The molecule has 2 aromatic carbocycles. The second-order valence-electron chi connectivity index (χ2n) is 7.99. The van der Waals surface area contributed by atoms with Crippen LogP contribution in [0.3, 0.4) is 0 Å². The van der Waals surface area contributed by atoms with Gasteiger partial charge < -0.3 is 14.5 Å². The minimum absolute atomic E-state index is 0.272. The Bertz CT molecular complexity index is 1210. The highest BCUT2D eigenvalue weighted by atomic mass is 19.4. The lowest BCUT2D eigenvalue weighted by Crippen LogP contribution is -2.35. The van der Waals surface area contributed by atoms with Crippen molar-refractivity contribution in [2.75, 3.05) is 19.8 Å². The first kappa shape index (κ1) is 23.8. The van der Waals surface area contributed by atoms with Gasteiger partial charge in [-0.25, -0.2) is 4.98 Å². The zero-order valence-electron chi connectivity index (χ0n) is 19.0. The molecule has 3 aromatic rings. The van der Waals surface area contributed by atoms with Gasteiger partial charge in [-0.3, -0.25) is 9.69 Å². The predicted octanol–water partition coefficient (Wildman–Crippen LogP) is 4.81. The molecule has 0 saturated heterocycles. The van der Waals surface area contributed by atoms with Gasteiger partial charge in [0, 0.05) is 37.2 Å². The first-order valence-electron chi connectivity index (χ1n) is 11.2. The molecule has 180 valence electrons. The van der Waals surface area contributed by atoms with Crippen LogP contribution in [0, 0.1) is 0 Å². The number of nitrogens with one attached hydrogen (secondary N) is 1. The number of alkyl halides is 3. The number of H-pyrrole nitrogens is 1. The van der Waals surface area contributed by atoms with Crippen molar-refractivity contribution in [3.05, 3.63) is 75.2 Å². The standard InChI is InChI=1S/C25H26F3N3O3/c1-3-33-21-7-5-6-17(22(21)34-4-2)14-31-13-12-20-19(15-31)24(32)30-23(29-20)16-8-10-18(11-9-16)25(26,27)28/h5-11H,3-4,12-15H2,1-2H3,(H,29,30,32). The number of benzene rings is 2. The van der Waals surface area contributed by atoms with Gasteiger partial charge in [-0.15, -0.1) is 0 Å². The van der Waals surface area contributed by atoms with Crippen LogP contribution in [0.5, 0.6) is 11.5 Å². The molecule has 4 rings (SSSR count). The Morgan fingerprint density at radius 3 is 2.47 bits per heavy atom. The molecule has 0 atom stereocenters. The van der Waals surface area contributed by atoms with Crippen LogP contribution >= 0.6 is 0 Å². The third kappa shape index (κ3) is 5.09. The molecular weight excluding hydrogens is 447 g/mol. The number of halogens is 3. The molecule has 0 radical (unpaired) electrons. The molecule has 2 heterocycles. The van der Waals surface area contributed by atoms with Gasteiger partial charge >= 0.3 is 6.18 Å². The van der Waals surface area contributed by atoms with E-state index in [2.05, 4.69) is 14.9 Å². The Balaban J connectivity index is 1.55. The molecule has 1 N–H and O–H groups in total. The van der Waals surface area contributed by atoms with Crippen LogP contribution in [0.2, 0.25) is 0 Å². The van der Waals surface area contributed by atoms with Crippen molar-refractivity contribution in [3.63, 3.8) is 0 Å². The SMILES string of the molecule is CCOc1cccc(CN2CCc3nc(-c4ccc(C(F)(F)F)cc4)[nH]c(=O)c3C2)c1OCC. The van der Waals surface area contributed by atoms with Crippen molar-refractivity contribution in [1.29, 1.82) is 0 Å². The number of hydrogen-bond acceptors (Lipinski definition) is 5. The summed E-state index contributed by atoms with van der Waals surface area (Å²) in [5.41, 5.74) is 1.62. The highest BCUT2D eigenvalue weighted by Gasteiger charge is 2.30. The van der Waals surface area contributed by atoms with Crippen LogP contribution in [-0.2, 0) is 25.7 Å². The monoisotopic (exact) mass is 473 g/mol. The van der Waals surface area contributed by atoms with Gasteiger partial charge in [0.25, 0.3) is 5.56 Å². The van der Waals surface area contributed by atoms with E-state index < -0.39 is 11.7 Å². The molecule has 0 aliphatic carbocycles. The summed E-state index contributed by atoms with van der Waals surface area (Å²) in [6, 6.07) is 10.4. The van der Waals surface area contributed by atoms with E-state index in [0.717, 1.165) is 17.7 Å². The van der Waals surface area contributed by atoms with Crippen LogP contribution < -0.4 is 15.0 Å². The third-order valence-electron chi connectivity index (χ3n) is 5.68. The first-order valence-corrected chi connectivity index (χ1v) is 11.2. The molecule has 0 spiro atoms. The summed E-state index contributed by atoms with van der Waals surface area (Å²) in [5, 5.41) is 0. The molecule has 6 nitrogen and oxygen atoms in total. The van der Waals surface area contributed by atoms with Gasteiger partial charge in [-0.1, -0.05) is 24.3 Å². The Morgan fingerprint density at radius 2 is 1.79 bits per heavy atom. The van der Waals surface area contributed by atoms with E-state index in [9.17, 15) is 18.0 Å². The lowest BCUT2D eigenvalue weighted by Gasteiger charge is -2.28. The number of aromatic nitrogens is 2. The van der Waals surface area contributed by atoms with Crippen molar-refractivity contribution >= 4 is 0 Å². The first-order chi connectivity index (χ1) is 16.3. The van der Waals surface area contributed by atoms with Crippen LogP contribution in [0.25, 0.3) is 11.4 Å². The second kappa shape index (κ2) is 9.89. The van der Waals surface area contributed by atoms with E-state index >= 15 is 0 Å². The molecule has 1 aromatic heterocycles. The van der Waals surface area contributed by atoms with Crippen LogP contribution in [0.4, 0.5) is 13.2 Å². The molecule has 1 aliphatic rings. The number of aromatic amines is 1. The third-order valence-corrected chi connectivity index (χ3v) is 5.68. The fourth-order valence-electron chi connectivity index (χ4n) is 4.07. The van der Waals surface area contributed by atoms with Gasteiger partial charge in [-0.05, 0) is 32.0 Å². The normalized spacial score (nSPS) is 14.0. The van der Waals surface area contributed by atoms with Crippen molar-refractivity contribution in [3.8, 4) is 22.9 Å². The molecule has 0 saturated carbocycles. The van der Waals surface area contributed by atoms with Gasteiger partial charge in [0.15, 0.2) is 11.5 Å². The number of rotatable bonds is 7. The quantitative estimate of drug-likeness (QED) is 0.533. The Kier molecular flexibility index (Phi) is 6.92. The maximum Gasteiger partial charge on any atom is 0.416 e. The van der Waals surface area contributed by atoms with Crippen molar-refractivity contribution in [1.82, 2.24) is 14.9 Å². The minimum atomic E-state index is -4.41. The Labute approximate surface area is 195 Å². The molecule has 9 heteroatoms. The highest BCUT2D eigenvalue weighted by molar-refractivity contribution is 5.56. The summed E-state index contributed by atoms with van der Waals surface area (Å²) in [7, 11) is 0. The van der Waals surface area contributed by atoms with E-state index in [1.54, 1.807) is 0 Å². The number of fused-ring (bicyclic) bond motifs is 1. The summed E-state index contributed by atoms with van der Waals surface area (Å²) in [4.78, 5) is 22.3.